The molecule has 33 heavy (non-hydrogen) atoms. The number of hydrogen-bond donors (Lipinski definition) is 2. The van der Waals surface area contributed by atoms with E-state index in [0.29, 0.717) is 12.2 Å². The molecule has 186 valence electrons. The molecular weight excluding hydrogens is 431 g/mol. The molecule has 0 aliphatic carbocycles. The maximum atomic E-state index is 12.9. The van der Waals surface area contributed by atoms with Crippen LogP contribution in [0.4, 0.5) is 23.7 Å². The van der Waals surface area contributed by atoms with Crippen molar-refractivity contribution in [1.82, 2.24) is 20.4 Å². The molecule has 2 amide bonds. The fourth-order valence-electron chi connectivity index (χ4n) is 4.50. The van der Waals surface area contributed by atoms with Crippen molar-refractivity contribution in [3.63, 3.8) is 0 Å². The molecule has 2 heterocycles. The van der Waals surface area contributed by atoms with Crippen LogP contribution in [0.15, 0.2) is 24.3 Å². The molecule has 2 aliphatic heterocycles. The third kappa shape index (κ3) is 9.04. The summed E-state index contributed by atoms with van der Waals surface area (Å²) in [5.41, 5.74) is 0.0387. The number of carbonyl (C=O) groups is 1. The summed E-state index contributed by atoms with van der Waals surface area (Å²) >= 11 is 0. The predicted octanol–water partition coefficient (Wildman–Crippen LogP) is 3.78. The largest absolute Gasteiger partial charge is 0.416 e. The van der Waals surface area contributed by atoms with Crippen LogP contribution in [0.25, 0.3) is 0 Å². The lowest BCUT2D eigenvalue weighted by atomic mass is 10.1. The quantitative estimate of drug-likeness (QED) is 0.485. The van der Waals surface area contributed by atoms with Crippen LogP contribution in [0.5, 0.6) is 0 Å². The summed E-state index contributed by atoms with van der Waals surface area (Å²) in [5, 5.41) is 5.85. The molecule has 6 nitrogen and oxygen atoms in total. The van der Waals surface area contributed by atoms with Gasteiger partial charge in [-0.2, -0.15) is 13.2 Å². The lowest BCUT2D eigenvalue weighted by molar-refractivity contribution is -0.137. The fourth-order valence-corrected chi connectivity index (χ4v) is 4.50. The normalized spacial score (nSPS) is 18.0. The van der Waals surface area contributed by atoms with Crippen molar-refractivity contribution in [2.24, 2.45) is 0 Å². The van der Waals surface area contributed by atoms with Crippen LogP contribution < -0.4 is 15.5 Å². The zero-order chi connectivity index (χ0) is 23.5. The number of amides is 2. The molecule has 0 spiro atoms. The summed E-state index contributed by atoms with van der Waals surface area (Å²) in [6.45, 7) is 9.01. The summed E-state index contributed by atoms with van der Waals surface area (Å²) in [6, 6.07) is 5.48. The Morgan fingerprint density at radius 2 is 1.39 bits per heavy atom. The third-order valence-corrected chi connectivity index (χ3v) is 6.48. The zero-order valence-corrected chi connectivity index (χ0v) is 19.5. The number of likely N-dealkylation sites (tertiary alicyclic amines) is 1. The third-order valence-electron chi connectivity index (χ3n) is 6.48. The van der Waals surface area contributed by atoms with Crippen LogP contribution in [-0.4, -0.2) is 81.3 Å². The molecule has 1 aromatic carbocycles. The van der Waals surface area contributed by atoms with E-state index in [-0.39, 0.29) is 6.03 Å². The molecule has 1 aromatic rings. The fraction of sp³-hybridized carbons (Fsp3) is 0.708. The highest BCUT2D eigenvalue weighted by Gasteiger charge is 2.31. The molecule has 2 saturated heterocycles. The molecule has 3 rings (SSSR count). The van der Waals surface area contributed by atoms with Crippen molar-refractivity contribution in [2.75, 3.05) is 70.3 Å². The molecule has 2 N–H and O–H groups in total. The molecule has 2 aliphatic rings. The van der Waals surface area contributed by atoms with Gasteiger partial charge in [-0.15, -0.1) is 0 Å². The number of alkyl halides is 3. The minimum Gasteiger partial charge on any atom is -0.369 e. The van der Waals surface area contributed by atoms with E-state index in [1.54, 1.807) is 6.07 Å². The van der Waals surface area contributed by atoms with E-state index in [4.69, 9.17) is 0 Å². The first kappa shape index (κ1) is 25.6. The summed E-state index contributed by atoms with van der Waals surface area (Å²) in [5.74, 6) is 0. The Balaban J connectivity index is 1.19. The second-order valence-corrected chi connectivity index (χ2v) is 9.02. The summed E-state index contributed by atoms with van der Waals surface area (Å²) in [6.07, 6.45) is 2.36. The first-order valence-electron chi connectivity index (χ1n) is 12.3. The molecule has 0 saturated carbocycles. The maximum Gasteiger partial charge on any atom is 0.416 e. The van der Waals surface area contributed by atoms with Gasteiger partial charge < -0.3 is 20.4 Å². The maximum absolute atomic E-state index is 12.9. The van der Waals surface area contributed by atoms with Crippen molar-refractivity contribution in [3.8, 4) is 0 Å². The zero-order valence-electron chi connectivity index (χ0n) is 19.5. The number of carbonyl (C=O) groups excluding carboxylic acids is 1. The molecular formula is C24H38F3N5O. The first-order chi connectivity index (χ1) is 15.9. The standard InChI is InChI=1S/C24H38F3N5O/c25-24(26,27)21-8-7-9-22(20-21)32-18-16-31(17-19-32)13-4-2-11-29-23(33)28-10-1-3-12-30-14-5-6-15-30/h7-9,20H,1-6,10-19H2,(H2,28,29,33). The smallest absolute Gasteiger partial charge is 0.369 e. The molecule has 0 aromatic heterocycles. The van der Waals surface area contributed by atoms with Crippen LogP contribution in [0.3, 0.4) is 0 Å². The monoisotopic (exact) mass is 469 g/mol. The van der Waals surface area contributed by atoms with E-state index in [9.17, 15) is 18.0 Å². The lowest BCUT2D eigenvalue weighted by Gasteiger charge is -2.36. The number of hydrogen-bond acceptors (Lipinski definition) is 4. The van der Waals surface area contributed by atoms with Crippen LogP contribution in [0.1, 0.15) is 44.1 Å². The van der Waals surface area contributed by atoms with E-state index in [2.05, 4.69) is 20.4 Å². The SMILES string of the molecule is O=C(NCCCCN1CCCC1)NCCCCN1CCN(c2cccc(C(F)(F)F)c2)CC1. The lowest BCUT2D eigenvalue weighted by Crippen LogP contribution is -2.46. The Morgan fingerprint density at radius 3 is 1.97 bits per heavy atom. The van der Waals surface area contributed by atoms with Crippen LogP contribution >= 0.6 is 0 Å². The van der Waals surface area contributed by atoms with E-state index in [1.165, 1.54) is 38.1 Å². The number of piperazine rings is 1. The Labute approximate surface area is 195 Å². The van der Waals surface area contributed by atoms with Gasteiger partial charge in [-0.05, 0) is 82.9 Å². The van der Waals surface area contributed by atoms with Crippen molar-refractivity contribution in [2.45, 2.75) is 44.7 Å². The van der Waals surface area contributed by atoms with Gasteiger partial charge in [0.15, 0.2) is 0 Å². The van der Waals surface area contributed by atoms with Gasteiger partial charge in [0.1, 0.15) is 0 Å². The first-order valence-corrected chi connectivity index (χ1v) is 12.3. The van der Waals surface area contributed by atoms with Gasteiger partial charge in [0, 0.05) is 45.0 Å². The van der Waals surface area contributed by atoms with E-state index >= 15 is 0 Å². The number of anilines is 1. The van der Waals surface area contributed by atoms with Crippen molar-refractivity contribution >= 4 is 11.7 Å². The highest BCUT2D eigenvalue weighted by atomic mass is 19.4. The van der Waals surface area contributed by atoms with Crippen LogP contribution in [0, 0.1) is 0 Å². The average molecular weight is 470 g/mol. The van der Waals surface area contributed by atoms with Gasteiger partial charge in [-0.25, -0.2) is 4.79 Å². The van der Waals surface area contributed by atoms with Crippen molar-refractivity contribution < 1.29 is 18.0 Å². The highest BCUT2D eigenvalue weighted by Crippen LogP contribution is 2.31. The molecule has 2 fully saturated rings. The van der Waals surface area contributed by atoms with Crippen molar-refractivity contribution in [3.05, 3.63) is 29.8 Å². The summed E-state index contributed by atoms with van der Waals surface area (Å²) < 4.78 is 38.8. The average Bonchev–Trinajstić information content (AvgIpc) is 3.32. The minimum absolute atomic E-state index is 0.0918. The van der Waals surface area contributed by atoms with Crippen LogP contribution in [0.2, 0.25) is 0 Å². The number of rotatable bonds is 11. The molecule has 0 radical (unpaired) electrons. The highest BCUT2D eigenvalue weighted by molar-refractivity contribution is 5.73. The molecule has 0 bridgehead atoms. The van der Waals surface area contributed by atoms with Gasteiger partial charge in [0.2, 0.25) is 0 Å². The number of nitrogens with zero attached hydrogens (tertiary/aromatic N) is 3. The minimum atomic E-state index is -4.31. The second kappa shape index (κ2) is 13.0. The van der Waals surface area contributed by atoms with Gasteiger partial charge in [-0.1, -0.05) is 6.07 Å². The van der Waals surface area contributed by atoms with E-state index < -0.39 is 11.7 Å². The number of halogens is 3. The second-order valence-electron chi connectivity index (χ2n) is 9.02. The van der Waals surface area contributed by atoms with Gasteiger partial charge in [-0.3, -0.25) is 4.90 Å². The molecule has 0 unspecified atom stereocenters. The Bertz CT molecular complexity index is 716. The van der Waals surface area contributed by atoms with Crippen molar-refractivity contribution in [1.29, 1.82) is 0 Å². The predicted molar refractivity (Wildman–Crippen MR) is 126 cm³/mol. The molecule has 0 atom stereocenters. The number of nitrogens with one attached hydrogen (secondary N) is 2. The van der Waals surface area contributed by atoms with Gasteiger partial charge >= 0.3 is 12.2 Å². The Hall–Kier alpha value is -2.00. The molecule has 9 heteroatoms. The number of benzene rings is 1. The van der Waals surface area contributed by atoms with E-state index in [0.717, 1.165) is 77.6 Å². The Kier molecular flexibility index (Phi) is 10.1. The summed E-state index contributed by atoms with van der Waals surface area (Å²) in [4.78, 5) is 18.7. The number of urea groups is 1. The van der Waals surface area contributed by atoms with Gasteiger partial charge in [0.25, 0.3) is 0 Å². The van der Waals surface area contributed by atoms with Crippen LogP contribution in [-0.2, 0) is 6.18 Å². The van der Waals surface area contributed by atoms with Gasteiger partial charge in [0.05, 0.1) is 5.56 Å². The topological polar surface area (TPSA) is 50.9 Å². The summed E-state index contributed by atoms with van der Waals surface area (Å²) in [7, 11) is 0. The van der Waals surface area contributed by atoms with E-state index in [1.807, 2.05) is 4.90 Å². The number of unbranched alkanes of at least 4 members (excludes halogenated alkanes) is 2. The Morgan fingerprint density at radius 1 is 0.818 bits per heavy atom.